The molecule has 0 spiro atoms. The number of para-hydroxylation sites is 1. The summed E-state index contributed by atoms with van der Waals surface area (Å²) >= 11 is 1.54. The summed E-state index contributed by atoms with van der Waals surface area (Å²) in [6.07, 6.45) is 2.69. The highest BCUT2D eigenvalue weighted by Gasteiger charge is 2.25. The van der Waals surface area contributed by atoms with Crippen molar-refractivity contribution in [1.29, 1.82) is 0 Å². The van der Waals surface area contributed by atoms with E-state index >= 15 is 0 Å². The van der Waals surface area contributed by atoms with Crippen molar-refractivity contribution in [1.82, 2.24) is 9.97 Å². The van der Waals surface area contributed by atoms with Crippen molar-refractivity contribution in [2.75, 3.05) is 10.2 Å². The Morgan fingerprint density at radius 1 is 1.29 bits per heavy atom. The van der Waals surface area contributed by atoms with Crippen LogP contribution < -0.4 is 10.2 Å². The molecule has 6 heteroatoms. The topological polar surface area (TPSA) is 58.1 Å². The van der Waals surface area contributed by atoms with Crippen LogP contribution in [0.25, 0.3) is 10.6 Å². The second-order valence-electron chi connectivity index (χ2n) is 5.57. The van der Waals surface area contributed by atoms with Crippen LogP contribution in [0, 0.1) is 0 Å². The van der Waals surface area contributed by atoms with Crippen LogP contribution >= 0.6 is 11.3 Å². The molecule has 0 saturated carbocycles. The van der Waals surface area contributed by atoms with E-state index < -0.39 is 0 Å². The predicted octanol–water partition coefficient (Wildman–Crippen LogP) is 4.32. The number of benzene rings is 1. The third kappa shape index (κ3) is 2.65. The number of pyridine rings is 1. The quantitative estimate of drug-likeness (QED) is 0.775. The van der Waals surface area contributed by atoms with Gasteiger partial charge in [0.05, 0.1) is 6.54 Å². The monoisotopic (exact) mass is 336 g/mol. The standard InChI is InChI=1S/C18H16N4OS/c1-2-14-9-12(7-8-19-14)17-21-16(11-24-17)22-10-13-5-3-4-6-15(13)20-18(22)23/h3-9,11H,2,10H2,1H3,(H,20,23). The van der Waals surface area contributed by atoms with Crippen LogP contribution in [0.2, 0.25) is 0 Å². The molecule has 0 radical (unpaired) electrons. The number of thiazole rings is 1. The van der Waals surface area contributed by atoms with Gasteiger partial charge in [-0.05, 0) is 30.2 Å². The maximum absolute atomic E-state index is 12.4. The van der Waals surface area contributed by atoms with Gasteiger partial charge in [0, 0.05) is 28.5 Å². The number of carbonyl (C=O) groups excluding carboxylic acids is 1. The van der Waals surface area contributed by atoms with Crippen LogP contribution in [-0.4, -0.2) is 16.0 Å². The van der Waals surface area contributed by atoms with E-state index in [4.69, 9.17) is 0 Å². The first-order valence-corrected chi connectivity index (χ1v) is 8.70. The summed E-state index contributed by atoms with van der Waals surface area (Å²) in [5, 5.41) is 5.74. The summed E-state index contributed by atoms with van der Waals surface area (Å²) in [6.45, 7) is 2.61. The van der Waals surface area contributed by atoms with Crippen molar-refractivity contribution >= 4 is 28.9 Å². The van der Waals surface area contributed by atoms with Gasteiger partial charge in [0.2, 0.25) is 0 Å². The Morgan fingerprint density at radius 2 is 2.17 bits per heavy atom. The third-order valence-corrected chi connectivity index (χ3v) is 4.91. The minimum atomic E-state index is -0.144. The summed E-state index contributed by atoms with van der Waals surface area (Å²) in [5.74, 6) is 0.678. The Bertz CT molecular complexity index is 905. The number of aromatic nitrogens is 2. The molecule has 120 valence electrons. The molecule has 0 saturated heterocycles. The van der Waals surface area contributed by atoms with E-state index in [-0.39, 0.29) is 6.03 Å². The van der Waals surface area contributed by atoms with Crippen LogP contribution in [0.1, 0.15) is 18.2 Å². The molecule has 1 N–H and O–H groups in total. The van der Waals surface area contributed by atoms with Crippen molar-refractivity contribution in [2.24, 2.45) is 0 Å². The van der Waals surface area contributed by atoms with Gasteiger partial charge in [-0.3, -0.25) is 9.88 Å². The molecule has 0 aliphatic carbocycles. The highest BCUT2D eigenvalue weighted by molar-refractivity contribution is 7.13. The lowest BCUT2D eigenvalue weighted by molar-refractivity contribution is 0.256. The number of nitrogens with one attached hydrogen (secondary N) is 1. The Hall–Kier alpha value is -2.73. The molecule has 3 heterocycles. The number of aryl methyl sites for hydroxylation is 1. The lowest BCUT2D eigenvalue weighted by atomic mass is 10.1. The third-order valence-electron chi connectivity index (χ3n) is 4.03. The Labute approximate surface area is 144 Å². The first-order valence-electron chi connectivity index (χ1n) is 7.82. The van der Waals surface area contributed by atoms with Crippen LogP contribution in [0.3, 0.4) is 0 Å². The minimum Gasteiger partial charge on any atom is -0.307 e. The molecule has 0 fully saturated rings. The normalized spacial score (nSPS) is 13.5. The fourth-order valence-electron chi connectivity index (χ4n) is 2.72. The summed E-state index contributed by atoms with van der Waals surface area (Å²) in [4.78, 5) is 23.0. The predicted molar refractivity (Wildman–Crippen MR) is 96.4 cm³/mol. The number of amides is 2. The van der Waals surface area contributed by atoms with Gasteiger partial charge in [0.1, 0.15) is 10.8 Å². The van der Waals surface area contributed by atoms with Crippen molar-refractivity contribution in [2.45, 2.75) is 19.9 Å². The zero-order valence-electron chi connectivity index (χ0n) is 13.2. The first kappa shape index (κ1) is 14.8. The first-order chi connectivity index (χ1) is 11.7. The molecule has 1 aromatic carbocycles. The number of urea groups is 1. The number of carbonyl (C=O) groups is 1. The zero-order valence-corrected chi connectivity index (χ0v) is 14.0. The van der Waals surface area contributed by atoms with E-state index in [0.29, 0.717) is 12.4 Å². The number of anilines is 2. The van der Waals surface area contributed by atoms with Gasteiger partial charge in [0.15, 0.2) is 0 Å². The van der Waals surface area contributed by atoms with Crippen molar-refractivity contribution in [3.8, 4) is 10.6 Å². The average molecular weight is 336 g/mol. The molecule has 5 nitrogen and oxygen atoms in total. The second-order valence-corrected chi connectivity index (χ2v) is 6.43. The molecule has 0 atom stereocenters. The number of hydrogen-bond donors (Lipinski definition) is 1. The molecule has 24 heavy (non-hydrogen) atoms. The van der Waals surface area contributed by atoms with Crippen molar-refractivity contribution in [3.05, 3.63) is 59.2 Å². The maximum Gasteiger partial charge on any atom is 0.327 e. The number of fused-ring (bicyclic) bond motifs is 1. The zero-order chi connectivity index (χ0) is 16.5. The van der Waals surface area contributed by atoms with E-state index in [9.17, 15) is 4.79 Å². The molecule has 2 amide bonds. The summed E-state index contributed by atoms with van der Waals surface area (Å²) < 4.78 is 0. The largest absolute Gasteiger partial charge is 0.327 e. The second kappa shape index (κ2) is 6.05. The molecule has 1 aliphatic rings. The highest BCUT2D eigenvalue weighted by atomic mass is 32.1. The summed E-state index contributed by atoms with van der Waals surface area (Å²) in [6, 6.07) is 11.7. The maximum atomic E-state index is 12.4. The number of hydrogen-bond acceptors (Lipinski definition) is 4. The van der Waals surface area contributed by atoms with Gasteiger partial charge >= 0.3 is 6.03 Å². The van der Waals surface area contributed by atoms with E-state index in [1.807, 2.05) is 41.8 Å². The van der Waals surface area contributed by atoms with Crippen molar-refractivity contribution < 1.29 is 4.79 Å². The summed E-state index contributed by atoms with van der Waals surface area (Å²) in [7, 11) is 0. The van der Waals surface area contributed by atoms with Gasteiger partial charge in [-0.2, -0.15) is 0 Å². The lowest BCUT2D eigenvalue weighted by Gasteiger charge is -2.27. The molecule has 2 aromatic heterocycles. The Balaban J connectivity index is 1.64. The van der Waals surface area contributed by atoms with E-state index in [2.05, 4.69) is 22.2 Å². The molecule has 4 rings (SSSR count). The van der Waals surface area contributed by atoms with Gasteiger partial charge in [-0.25, -0.2) is 9.78 Å². The van der Waals surface area contributed by atoms with E-state index in [1.165, 1.54) is 11.3 Å². The van der Waals surface area contributed by atoms with E-state index in [1.54, 1.807) is 11.1 Å². The fourth-order valence-corrected chi connectivity index (χ4v) is 3.52. The summed E-state index contributed by atoms with van der Waals surface area (Å²) in [5.41, 5.74) is 4.03. The lowest BCUT2D eigenvalue weighted by Crippen LogP contribution is -2.38. The van der Waals surface area contributed by atoms with Crippen LogP contribution in [0.5, 0.6) is 0 Å². The molecular weight excluding hydrogens is 320 g/mol. The number of nitrogens with zero attached hydrogens (tertiary/aromatic N) is 3. The Morgan fingerprint density at radius 3 is 3.04 bits per heavy atom. The highest BCUT2D eigenvalue weighted by Crippen LogP contribution is 2.31. The minimum absolute atomic E-state index is 0.144. The number of rotatable bonds is 3. The van der Waals surface area contributed by atoms with Crippen molar-refractivity contribution in [3.63, 3.8) is 0 Å². The van der Waals surface area contributed by atoms with Crippen LogP contribution in [0.15, 0.2) is 48.0 Å². The Kier molecular flexibility index (Phi) is 3.74. The van der Waals surface area contributed by atoms with Gasteiger partial charge < -0.3 is 5.32 Å². The van der Waals surface area contributed by atoms with Gasteiger partial charge in [0.25, 0.3) is 0 Å². The molecule has 3 aromatic rings. The molecule has 0 unspecified atom stereocenters. The molecule has 0 bridgehead atoms. The van der Waals surface area contributed by atoms with E-state index in [0.717, 1.165) is 33.9 Å². The molecule has 1 aliphatic heterocycles. The van der Waals surface area contributed by atoms with Crippen LogP contribution in [0.4, 0.5) is 16.3 Å². The SMILES string of the molecule is CCc1cc(-c2nc(N3Cc4ccccc4NC3=O)cs2)ccn1. The smallest absolute Gasteiger partial charge is 0.307 e. The molecular formula is C18H16N4OS. The average Bonchev–Trinajstić information content (AvgIpc) is 3.11. The van der Waals surface area contributed by atoms with Gasteiger partial charge in [-0.1, -0.05) is 25.1 Å². The fraction of sp³-hybridized carbons (Fsp3) is 0.167. The van der Waals surface area contributed by atoms with Gasteiger partial charge in [-0.15, -0.1) is 11.3 Å². The van der Waals surface area contributed by atoms with Crippen LogP contribution in [-0.2, 0) is 13.0 Å².